The number of ether oxygens (including phenoxy) is 1. The zero-order valence-corrected chi connectivity index (χ0v) is 13.9. The van der Waals surface area contributed by atoms with E-state index < -0.39 is 0 Å². The highest BCUT2D eigenvalue weighted by Crippen LogP contribution is 2.12. The predicted octanol–water partition coefficient (Wildman–Crippen LogP) is 1.12. The lowest BCUT2D eigenvalue weighted by Gasteiger charge is -2.11. The normalized spacial score (nSPS) is 11.6. The Morgan fingerprint density at radius 1 is 1.38 bits per heavy atom. The number of rotatable bonds is 7. The largest absolute Gasteiger partial charge is 0.497 e. The minimum Gasteiger partial charge on any atom is -0.497 e. The number of carbonyl (C=O) groups excluding carboxylic acids is 2. The molecule has 1 aromatic carbocycles. The molecule has 0 aliphatic carbocycles. The summed E-state index contributed by atoms with van der Waals surface area (Å²) in [6.45, 7) is 3.83. The maximum atomic E-state index is 12.0. The zero-order chi connectivity index (χ0) is 17.5. The van der Waals surface area contributed by atoms with Gasteiger partial charge in [-0.2, -0.15) is 5.10 Å². The van der Waals surface area contributed by atoms with Gasteiger partial charge in [0.15, 0.2) is 5.82 Å². The molecule has 2 rings (SSSR count). The quantitative estimate of drug-likeness (QED) is 0.704. The van der Waals surface area contributed by atoms with Gasteiger partial charge in [0.1, 0.15) is 11.6 Å². The Kier molecular flexibility index (Phi) is 5.89. The smallest absolute Gasteiger partial charge is 0.251 e. The summed E-state index contributed by atoms with van der Waals surface area (Å²) in [6, 6.07) is 6.53. The van der Waals surface area contributed by atoms with Gasteiger partial charge in [0.2, 0.25) is 5.91 Å². The number of aromatic nitrogens is 3. The Morgan fingerprint density at radius 2 is 2.17 bits per heavy atom. The highest BCUT2D eigenvalue weighted by molar-refractivity contribution is 5.94. The van der Waals surface area contributed by atoms with Crippen molar-refractivity contribution in [2.75, 3.05) is 13.7 Å². The van der Waals surface area contributed by atoms with Crippen molar-refractivity contribution in [3.05, 3.63) is 41.5 Å². The number of aryl methyl sites for hydroxylation is 1. The van der Waals surface area contributed by atoms with Gasteiger partial charge in [-0.25, -0.2) is 4.98 Å². The van der Waals surface area contributed by atoms with Crippen LogP contribution in [0.5, 0.6) is 5.75 Å². The lowest BCUT2D eigenvalue weighted by Crippen LogP contribution is -2.32. The summed E-state index contributed by atoms with van der Waals surface area (Å²) in [5.74, 6) is 1.39. The molecule has 128 valence electrons. The molecule has 3 N–H and O–H groups in total. The van der Waals surface area contributed by atoms with E-state index in [9.17, 15) is 9.59 Å². The third-order valence-corrected chi connectivity index (χ3v) is 3.35. The molecule has 0 aliphatic heterocycles. The number of methoxy groups -OCH3 is 1. The standard InChI is InChI=1S/C16H21N5O3/c1-10(15-19-11(2)20-21-15)18-14(22)7-8-17-16(23)12-5-4-6-13(9-12)24-3/h4-6,9-10H,7-8H2,1-3H3,(H,17,23)(H,18,22)(H,19,20,21). The van der Waals surface area contributed by atoms with E-state index in [1.165, 1.54) is 7.11 Å². The predicted molar refractivity (Wildman–Crippen MR) is 87.6 cm³/mol. The average Bonchev–Trinajstić information content (AvgIpc) is 3.01. The van der Waals surface area contributed by atoms with E-state index in [1.54, 1.807) is 38.1 Å². The molecule has 0 fully saturated rings. The third kappa shape index (κ3) is 4.80. The van der Waals surface area contributed by atoms with Crippen molar-refractivity contribution in [3.63, 3.8) is 0 Å². The molecule has 0 spiro atoms. The molecule has 0 radical (unpaired) electrons. The highest BCUT2D eigenvalue weighted by Gasteiger charge is 2.14. The molecule has 1 unspecified atom stereocenters. The maximum Gasteiger partial charge on any atom is 0.251 e. The Morgan fingerprint density at radius 3 is 2.83 bits per heavy atom. The van der Waals surface area contributed by atoms with E-state index in [2.05, 4.69) is 25.8 Å². The number of hydrogen-bond donors (Lipinski definition) is 3. The van der Waals surface area contributed by atoms with Crippen LogP contribution in [0.15, 0.2) is 24.3 Å². The van der Waals surface area contributed by atoms with Gasteiger partial charge in [-0.1, -0.05) is 6.07 Å². The Bertz CT molecular complexity index is 713. The molecule has 24 heavy (non-hydrogen) atoms. The maximum absolute atomic E-state index is 12.0. The molecule has 1 heterocycles. The summed E-state index contributed by atoms with van der Waals surface area (Å²) in [4.78, 5) is 28.1. The van der Waals surface area contributed by atoms with Crippen LogP contribution in [0, 0.1) is 6.92 Å². The topological polar surface area (TPSA) is 109 Å². The first kappa shape index (κ1) is 17.5. The molecule has 2 aromatic rings. The van der Waals surface area contributed by atoms with Crippen molar-refractivity contribution in [2.24, 2.45) is 0 Å². The summed E-state index contributed by atoms with van der Waals surface area (Å²) in [7, 11) is 1.54. The summed E-state index contributed by atoms with van der Waals surface area (Å²) in [5, 5.41) is 12.2. The van der Waals surface area contributed by atoms with E-state index in [4.69, 9.17) is 4.74 Å². The molecule has 8 heteroatoms. The molecule has 0 bridgehead atoms. The Labute approximate surface area is 140 Å². The second kappa shape index (κ2) is 8.09. The number of aromatic amines is 1. The van der Waals surface area contributed by atoms with Gasteiger partial charge in [0.25, 0.3) is 5.91 Å². The van der Waals surface area contributed by atoms with Crippen molar-refractivity contribution in [1.82, 2.24) is 25.8 Å². The van der Waals surface area contributed by atoms with Gasteiger partial charge >= 0.3 is 0 Å². The van der Waals surface area contributed by atoms with Gasteiger partial charge in [-0.15, -0.1) is 0 Å². The van der Waals surface area contributed by atoms with Gasteiger partial charge in [0, 0.05) is 18.5 Å². The first-order chi connectivity index (χ1) is 11.5. The molecular formula is C16H21N5O3. The van der Waals surface area contributed by atoms with Crippen molar-refractivity contribution >= 4 is 11.8 Å². The number of hydrogen-bond acceptors (Lipinski definition) is 5. The zero-order valence-electron chi connectivity index (χ0n) is 13.9. The van der Waals surface area contributed by atoms with Gasteiger partial charge < -0.3 is 15.4 Å². The fourth-order valence-corrected chi connectivity index (χ4v) is 2.09. The number of amides is 2. The van der Waals surface area contributed by atoms with Crippen LogP contribution in [0.2, 0.25) is 0 Å². The number of nitrogens with one attached hydrogen (secondary N) is 3. The highest BCUT2D eigenvalue weighted by atomic mass is 16.5. The fourth-order valence-electron chi connectivity index (χ4n) is 2.09. The van der Waals surface area contributed by atoms with Crippen LogP contribution in [-0.4, -0.2) is 40.7 Å². The molecule has 8 nitrogen and oxygen atoms in total. The molecule has 1 aromatic heterocycles. The first-order valence-corrected chi connectivity index (χ1v) is 7.60. The van der Waals surface area contributed by atoms with Crippen LogP contribution in [0.25, 0.3) is 0 Å². The van der Waals surface area contributed by atoms with E-state index >= 15 is 0 Å². The van der Waals surface area contributed by atoms with Crippen LogP contribution in [0.4, 0.5) is 0 Å². The second-order valence-corrected chi connectivity index (χ2v) is 5.31. The monoisotopic (exact) mass is 331 g/mol. The number of nitrogens with zero attached hydrogens (tertiary/aromatic N) is 2. The minimum atomic E-state index is -0.295. The number of carbonyl (C=O) groups is 2. The fraction of sp³-hybridized carbons (Fsp3) is 0.375. The molecule has 2 amide bonds. The lowest BCUT2D eigenvalue weighted by molar-refractivity contribution is -0.121. The van der Waals surface area contributed by atoms with Gasteiger partial charge in [0.05, 0.1) is 13.2 Å². The Balaban J connectivity index is 1.76. The summed E-state index contributed by atoms with van der Waals surface area (Å²) in [5.41, 5.74) is 0.485. The van der Waals surface area contributed by atoms with E-state index in [0.717, 1.165) is 0 Å². The Hall–Kier alpha value is -2.90. The average molecular weight is 331 g/mol. The van der Waals surface area contributed by atoms with Gasteiger partial charge in [-0.05, 0) is 32.0 Å². The van der Waals surface area contributed by atoms with Crippen LogP contribution in [0.1, 0.15) is 41.4 Å². The summed E-state index contributed by atoms with van der Waals surface area (Å²) < 4.78 is 5.08. The van der Waals surface area contributed by atoms with Crippen LogP contribution < -0.4 is 15.4 Å². The van der Waals surface area contributed by atoms with Crippen LogP contribution in [0.3, 0.4) is 0 Å². The van der Waals surface area contributed by atoms with E-state index in [1.807, 2.05) is 0 Å². The molecule has 1 atom stereocenters. The molecule has 0 saturated heterocycles. The van der Waals surface area contributed by atoms with Crippen molar-refractivity contribution in [1.29, 1.82) is 0 Å². The van der Waals surface area contributed by atoms with Crippen LogP contribution >= 0.6 is 0 Å². The summed E-state index contributed by atoms with van der Waals surface area (Å²) in [6.07, 6.45) is 0.170. The SMILES string of the molecule is COc1cccc(C(=O)NCCC(=O)NC(C)c2n[nH]c(C)n2)c1. The van der Waals surface area contributed by atoms with Crippen molar-refractivity contribution in [3.8, 4) is 5.75 Å². The third-order valence-electron chi connectivity index (χ3n) is 3.35. The van der Waals surface area contributed by atoms with Crippen LogP contribution in [-0.2, 0) is 4.79 Å². The number of benzene rings is 1. The second-order valence-electron chi connectivity index (χ2n) is 5.31. The lowest BCUT2D eigenvalue weighted by atomic mass is 10.2. The van der Waals surface area contributed by atoms with Crippen molar-refractivity contribution in [2.45, 2.75) is 26.3 Å². The molecule has 0 saturated carbocycles. The summed E-state index contributed by atoms with van der Waals surface area (Å²) >= 11 is 0. The molecular weight excluding hydrogens is 310 g/mol. The molecule has 0 aliphatic rings. The van der Waals surface area contributed by atoms with E-state index in [0.29, 0.717) is 23.0 Å². The first-order valence-electron chi connectivity index (χ1n) is 7.60. The minimum absolute atomic E-state index is 0.170. The van der Waals surface area contributed by atoms with Crippen molar-refractivity contribution < 1.29 is 14.3 Å². The number of H-pyrrole nitrogens is 1. The van der Waals surface area contributed by atoms with Gasteiger partial charge in [-0.3, -0.25) is 14.7 Å². The van der Waals surface area contributed by atoms with E-state index in [-0.39, 0.29) is 30.8 Å².